The highest BCUT2D eigenvalue weighted by Crippen LogP contribution is 2.11. The maximum atomic E-state index is 5.61. The summed E-state index contributed by atoms with van der Waals surface area (Å²) >= 11 is 0. The Morgan fingerprint density at radius 1 is 1.35 bits per heavy atom. The van der Waals surface area contributed by atoms with Gasteiger partial charge in [0.25, 0.3) is 0 Å². The van der Waals surface area contributed by atoms with Gasteiger partial charge in [0.15, 0.2) is 5.95 Å². The molecule has 1 aromatic carbocycles. The van der Waals surface area contributed by atoms with E-state index in [2.05, 4.69) is 28.3 Å². The Balaban J connectivity index is 1.73. The largest absolute Gasteiger partial charge is 0.492 e. The Morgan fingerprint density at radius 2 is 2.24 bits per heavy atom. The molecule has 2 rings (SSSR count). The summed E-state index contributed by atoms with van der Waals surface area (Å²) in [5.74, 6) is 1.69. The van der Waals surface area contributed by atoms with E-state index < -0.39 is 0 Å². The molecule has 1 aromatic heterocycles. The number of ether oxygens (including phenoxy) is 1. The molecule has 0 aliphatic carbocycles. The van der Waals surface area contributed by atoms with Crippen LogP contribution in [0.3, 0.4) is 0 Å². The van der Waals surface area contributed by atoms with E-state index in [9.17, 15) is 0 Å². The predicted octanol–water partition coefficient (Wildman–Crippen LogP) is 2.52. The molecule has 2 aromatic rings. The molecular weight excluding hydrogens is 214 g/mol. The third kappa shape index (κ3) is 3.52. The fourth-order valence-corrected chi connectivity index (χ4v) is 1.55. The zero-order chi connectivity index (χ0) is 12.1. The first-order valence-electron chi connectivity index (χ1n) is 5.69. The molecule has 0 atom stereocenters. The maximum Gasteiger partial charge on any atom is 0.200 e. The molecule has 0 aliphatic rings. The van der Waals surface area contributed by atoms with Gasteiger partial charge in [-0.05, 0) is 31.5 Å². The summed E-state index contributed by atoms with van der Waals surface area (Å²) in [4.78, 5) is 7.26. The monoisotopic (exact) mass is 231 g/mol. The van der Waals surface area contributed by atoms with E-state index in [1.807, 2.05) is 25.1 Å². The van der Waals surface area contributed by atoms with Crippen LogP contribution in [0.15, 0.2) is 30.5 Å². The number of hydrogen-bond donors (Lipinski definition) is 2. The van der Waals surface area contributed by atoms with Gasteiger partial charge in [0.2, 0.25) is 0 Å². The zero-order valence-electron chi connectivity index (χ0n) is 10.2. The number of nitrogens with one attached hydrogen (secondary N) is 2. The van der Waals surface area contributed by atoms with Gasteiger partial charge in [-0.1, -0.05) is 12.1 Å². The molecule has 2 N–H and O–H groups in total. The van der Waals surface area contributed by atoms with Crippen LogP contribution in [-0.2, 0) is 0 Å². The number of H-pyrrole nitrogens is 1. The molecule has 0 spiro atoms. The normalized spacial score (nSPS) is 10.2. The summed E-state index contributed by atoms with van der Waals surface area (Å²) < 4.78 is 5.61. The molecule has 0 radical (unpaired) electrons. The Kier molecular flexibility index (Phi) is 3.65. The van der Waals surface area contributed by atoms with E-state index in [0.29, 0.717) is 6.61 Å². The number of imidazole rings is 1. The number of anilines is 1. The Labute approximate surface area is 101 Å². The first-order valence-corrected chi connectivity index (χ1v) is 5.69. The summed E-state index contributed by atoms with van der Waals surface area (Å²) in [6, 6.07) is 8.03. The van der Waals surface area contributed by atoms with Gasteiger partial charge in [-0.25, -0.2) is 4.98 Å². The smallest absolute Gasteiger partial charge is 0.200 e. The predicted molar refractivity (Wildman–Crippen MR) is 68.5 cm³/mol. The number of aryl methyl sites for hydroxylation is 2. The second kappa shape index (κ2) is 5.39. The molecule has 0 fully saturated rings. The second-order valence-electron chi connectivity index (χ2n) is 4.01. The van der Waals surface area contributed by atoms with Crippen LogP contribution in [0.25, 0.3) is 0 Å². The van der Waals surface area contributed by atoms with Gasteiger partial charge >= 0.3 is 0 Å². The second-order valence-corrected chi connectivity index (χ2v) is 4.01. The summed E-state index contributed by atoms with van der Waals surface area (Å²) in [5, 5.41) is 3.16. The minimum absolute atomic E-state index is 0.614. The van der Waals surface area contributed by atoms with E-state index in [-0.39, 0.29) is 0 Å². The number of aromatic amines is 1. The average molecular weight is 231 g/mol. The lowest BCUT2D eigenvalue weighted by Gasteiger charge is -2.07. The van der Waals surface area contributed by atoms with E-state index in [0.717, 1.165) is 23.9 Å². The number of hydrogen-bond acceptors (Lipinski definition) is 3. The molecule has 0 saturated carbocycles. The van der Waals surface area contributed by atoms with Crippen LogP contribution in [0, 0.1) is 13.8 Å². The Hall–Kier alpha value is -1.97. The lowest BCUT2D eigenvalue weighted by Crippen LogP contribution is -2.12. The molecule has 0 unspecified atom stereocenters. The lowest BCUT2D eigenvalue weighted by molar-refractivity contribution is 0.332. The Bertz CT molecular complexity index is 479. The van der Waals surface area contributed by atoms with Gasteiger partial charge < -0.3 is 15.0 Å². The van der Waals surface area contributed by atoms with Crippen LogP contribution in [0.5, 0.6) is 5.75 Å². The van der Waals surface area contributed by atoms with Crippen molar-refractivity contribution >= 4 is 5.95 Å². The van der Waals surface area contributed by atoms with Crippen molar-refractivity contribution in [2.75, 3.05) is 18.5 Å². The van der Waals surface area contributed by atoms with Crippen molar-refractivity contribution in [1.29, 1.82) is 0 Å². The number of benzene rings is 1. The van der Waals surface area contributed by atoms with Crippen molar-refractivity contribution < 1.29 is 4.74 Å². The maximum absolute atomic E-state index is 5.61. The number of aromatic nitrogens is 2. The van der Waals surface area contributed by atoms with Crippen LogP contribution < -0.4 is 10.1 Å². The van der Waals surface area contributed by atoms with E-state index in [4.69, 9.17) is 4.74 Å². The highest BCUT2D eigenvalue weighted by atomic mass is 16.5. The number of rotatable bonds is 5. The summed E-state index contributed by atoms with van der Waals surface area (Å²) in [5.41, 5.74) is 2.25. The van der Waals surface area contributed by atoms with Gasteiger partial charge in [-0.3, -0.25) is 0 Å². The summed E-state index contributed by atoms with van der Waals surface area (Å²) in [6.45, 7) is 5.36. The minimum atomic E-state index is 0.614. The van der Waals surface area contributed by atoms with Crippen LogP contribution in [0.1, 0.15) is 11.3 Å². The van der Waals surface area contributed by atoms with E-state index in [1.54, 1.807) is 6.20 Å². The van der Waals surface area contributed by atoms with Crippen molar-refractivity contribution in [1.82, 2.24) is 9.97 Å². The highest BCUT2D eigenvalue weighted by molar-refractivity contribution is 5.28. The molecule has 1 heterocycles. The van der Waals surface area contributed by atoms with Crippen LogP contribution in [-0.4, -0.2) is 23.1 Å². The highest BCUT2D eigenvalue weighted by Gasteiger charge is 1.96. The molecule has 0 aliphatic heterocycles. The molecule has 0 amide bonds. The van der Waals surface area contributed by atoms with Crippen molar-refractivity contribution in [3.8, 4) is 5.75 Å². The van der Waals surface area contributed by atoms with Crippen molar-refractivity contribution in [2.45, 2.75) is 13.8 Å². The van der Waals surface area contributed by atoms with Crippen LogP contribution in [0.4, 0.5) is 5.95 Å². The van der Waals surface area contributed by atoms with Crippen molar-refractivity contribution in [3.63, 3.8) is 0 Å². The number of nitrogens with zero attached hydrogens (tertiary/aromatic N) is 1. The van der Waals surface area contributed by atoms with Gasteiger partial charge in [-0.2, -0.15) is 0 Å². The lowest BCUT2D eigenvalue weighted by atomic mass is 10.2. The van der Waals surface area contributed by atoms with E-state index >= 15 is 0 Å². The molecule has 17 heavy (non-hydrogen) atoms. The fourth-order valence-electron chi connectivity index (χ4n) is 1.55. The average Bonchev–Trinajstić information content (AvgIpc) is 2.71. The fraction of sp³-hybridized carbons (Fsp3) is 0.308. The topological polar surface area (TPSA) is 49.9 Å². The zero-order valence-corrected chi connectivity index (χ0v) is 10.2. The van der Waals surface area contributed by atoms with Gasteiger partial charge in [-0.15, -0.1) is 0 Å². The minimum Gasteiger partial charge on any atom is -0.492 e. The van der Waals surface area contributed by atoms with Gasteiger partial charge in [0.05, 0.1) is 6.54 Å². The molecule has 0 saturated heterocycles. The van der Waals surface area contributed by atoms with Crippen LogP contribution in [0.2, 0.25) is 0 Å². The van der Waals surface area contributed by atoms with Crippen molar-refractivity contribution in [2.24, 2.45) is 0 Å². The molecule has 90 valence electrons. The third-order valence-electron chi connectivity index (χ3n) is 2.36. The third-order valence-corrected chi connectivity index (χ3v) is 2.36. The summed E-state index contributed by atoms with van der Waals surface area (Å²) in [7, 11) is 0. The van der Waals surface area contributed by atoms with Crippen molar-refractivity contribution in [3.05, 3.63) is 41.7 Å². The van der Waals surface area contributed by atoms with E-state index in [1.165, 1.54) is 5.56 Å². The molecular formula is C13H17N3O. The van der Waals surface area contributed by atoms with Crippen LogP contribution >= 0.6 is 0 Å². The standard InChI is InChI=1S/C13H17N3O/c1-10-4-3-5-12(8-10)17-7-6-14-13-15-9-11(2)16-13/h3-5,8-9H,6-7H2,1-2H3,(H2,14,15,16). The quantitative estimate of drug-likeness (QED) is 0.777. The Morgan fingerprint density at radius 3 is 2.94 bits per heavy atom. The SMILES string of the molecule is Cc1cccc(OCCNc2ncc(C)[nH]2)c1. The molecule has 0 bridgehead atoms. The first-order chi connectivity index (χ1) is 8.24. The van der Waals surface area contributed by atoms with Gasteiger partial charge in [0, 0.05) is 11.9 Å². The first kappa shape index (κ1) is 11.5. The van der Waals surface area contributed by atoms with Gasteiger partial charge in [0.1, 0.15) is 12.4 Å². The molecule has 4 nitrogen and oxygen atoms in total. The summed E-state index contributed by atoms with van der Waals surface area (Å²) in [6.07, 6.45) is 1.80. The molecule has 4 heteroatoms.